The predicted molar refractivity (Wildman–Crippen MR) is 209 cm³/mol. The van der Waals surface area contributed by atoms with Crippen LogP contribution < -0.4 is 10.6 Å². The van der Waals surface area contributed by atoms with E-state index in [2.05, 4.69) is 55.6 Å². The van der Waals surface area contributed by atoms with Crippen LogP contribution in [0.15, 0.2) is 12.2 Å². The molecular weight excluding hydrogens is 562 g/mol. The molecule has 0 fully saturated rings. The minimum absolute atomic E-state index is 0.0287. The van der Waals surface area contributed by atoms with Gasteiger partial charge in [0, 0.05) is 6.54 Å². The van der Waals surface area contributed by atoms with Crippen molar-refractivity contribution in [1.82, 2.24) is 15.5 Å². The molecule has 0 aromatic carbocycles. The van der Waals surface area contributed by atoms with Gasteiger partial charge in [0.25, 0.3) is 0 Å². The number of amides is 1. The first-order valence-corrected chi connectivity index (χ1v) is 20.9. The summed E-state index contributed by atoms with van der Waals surface area (Å²) in [5.41, 5.74) is 0. The summed E-state index contributed by atoms with van der Waals surface area (Å²) in [6.45, 7) is 11.4. The highest BCUT2D eigenvalue weighted by atomic mass is 16.2. The molecule has 276 valence electrons. The summed E-state index contributed by atoms with van der Waals surface area (Å²) in [6, 6.07) is -0.0287. The number of hydrogen-bond donors (Lipinski definition) is 2. The van der Waals surface area contributed by atoms with Gasteiger partial charge < -0.3 is 15.5 Å². The molecule has 0 aromatic rings. The van der Waals surface area contributed by atoms with Crippen molar-refractivity contribution in [2.75, 3.05) is 33.7 Å². The van der Waals surface area contributed by atoms with E-state index < -0.39 is 0 Å². The number of carbonyl (C=O) groups excluding carboxylic acids is 1. The molecule has 0 saturated carbocycles. The average molecular weight is 650 g/mol. The fourth-order valence-corrected chi connectivity index (χ4v) is 6.07. The zero-order valence-electron chi connectivity index (χ0n) is 32.7. The molecule has 0 rings (SSSR count). The van der Waals surface area contributed by atoms with Crippen LogP contribution >= 0.6 is 0 Å². The van der Waals surface area contributed by atoms with Crippen molar-refractivity contribution in [3.8, 4) is 0 Å². The first-order valence-electron chi connectivity index (χ1n) is 20.9. The van der Waals surface area contributed by atoms with Crippen molar-refractivity contribution in [2.45, 2.75) is 220 Å². The van der Waals surface area contributed by atoms with Gasteiger partial charge in [-0.05, 0) is 72.1 Å². The number of unbranched alkanes of at least 4 members (excludes halogenated alkanes) is 24. The standard InChI is InChI=1S/C40H81N3O.C2H6/c1-5-7-9-11-13-15-17-19-20-21-23-25-27-29-31-33-36-42-40(44)39(41-37-34-38-43(3)4)35-32-30-28-26-24-22-18-16-14-12-10-8-6-2;1-2/h19-20,39,41H,5-18,21-38H2,1-4H3,(H,42,44);1-2H3/b20-19-;. The van der Waals surface area contributed by atoms with Crippen LogP contribution in [0.1, 0.15) is 214 Å². The Bertz CT molecular complexity index is 591. The average Bonchev–Trinajstić information content (AvgIpc) is 3.06. The van der Waals surface area contributed by atoms with E-state index in [0.29, 0.717) is 0 Å². The Morgan fingerprint density at radius 2 is 0.913 bits per heavy atom. The molecule has 0 spiro atoms. The highest BCUT2D eigenvalue weighted by molar-refractivity contribution is 5.81. The van der Waals surface area contributed by atoms with E-state index in [0.717, 1.165) is 45.3 Å². The van der Waals surface area contributed by atoms with Gasteiger partial charge in [-0.2, -0.15) is 0 Å². The first-order chi connectivity index (χ1) is 22.6. The zero-order valence-corrected chi connectivity index (χ0v) is 32.7. The summed E-state index contributed by atoms with van der Waals surface area (Å²) in [4.78, 5) is 15.2. The lowest BCUT2D eigenvalue weighted by atomic mass is 10.0. The number of nitrogens with zero attached hydrogens (tertiary/aromatic N) is 1. The molecule has 0 aliphatic rings. The summed E-state index contributed by atoms with van der Waals surface area (Å²) in [5.74, 6) is 0.224. The van der Waals surface area contributed by atoms with Gasteiger partial charge in [0.2, 0.25) is 5.91 Å². The largest absolute Gasteiger partial charge is 0.355 e. The summed E-state index contributed by atoms with van der Waals surface area (Å²) in [7, 11) is 4.24. The Morgan fingerprint density at radius 3 is 1.35 bits per heavy atom. The number of carbonyl (C=O) groups is 1. The van der Waals surface area contributed by atoms with Crippen LogP contribution in [0.2, 0.25) is 0 Å². The minimum Gasteiger partial charge on any atom is -0.355 e. The third-order valence-corrected chi connectivity index (χ3v) is 9.07. The number of allylic oxidation sites excluding steroid dienone is 2. The van der Waals surface area contributed by atoms with E-state index in [1.165, 1.54) is 161 Å². The number of nitrogens with one attached hydrogen (secondary N) is 2. The van der Waals surface area contributed by atoms with Gasteiger partial charge in [0.15, 0.2) is 0 Å². The zero-order chi connectivity index (χ0) is 34.2. The van der Waals surface area contributed by atoms with Crippen LogP contribution in [0.25, 0.3) is 0 Å². The smallest absolute Gasteiger partial charge is 0.237 e. The van der Waals surface area contributed by atoms with Crippen LogP contribution in [-0.4, -0.2) is 50.6 Å². The van der Waals surface area contributed by atoms with Gasteiger partial charge >= 0.3 is 0 Å². The molecule has 46 heavy (non-hydrogen) atoms. The van der Waals surface area contributed by atoms with E-state index in [-0.39, 0.29) is 11.9 Å². The molecule has 0 bridgehead atoms. The fourth-order valence-electron chi connectivity index (χ4n) is 6.07. The normalized spacial score (nSPS) is 12.1. The number of hydrogen-bond acceptors (Lipinski definition) is 3. The van der Waals surface area contributed by atoms with E-state index in [4.69, 9.17) is 0 Å². The summed E-state index contributed by atoms with van der Waals surface area (Å²) in [6.07, 6.45) is 43.1. The van der Waals surface area contributed by atoms with Crippen LogP contribution in [0.4, 0.5) is 0 Å². The van der Waals surface area contributed by atoms with Crippen molar-refractivity contribution in [2.24, 2.45) is 0 Å². The molecule has 4 nitrogen and oxygen atoms in total. The maximum Gasteiger partial charge on any atom is 0.237 e. The second-order valence-corrected chi connectivity index (χ2v) is 13.9. The highest BCUT2D eigenvalue weighted by Crippen LogP contribution is 2.14. The minimum atomic E-state index is -0.0287. The molecule has 1 atom stereocenters. The predicted octanol–water partition coefficient (Wildman–Crippen LogP) is 12.6. The first kappa shape index (κ1) is 47.2. The van der Waals surface area contributed by atoms with Gasteiger partial charge in [-0.1, -0.05) is 181 Å². The summed E-state index contributed by atoms with van der Waals surface area (Å²) < 4.78 is 0. The van der Waals surface area contributed by atoms with Crippen LogP contribution in [0.3, 0.4) is 0 Å². The van der Waals surface area contributed by atoms with E-state index in [1.807, 2.05) is 13.8 Å². The molecule has 1 amide bonds. The van der Waals surface area contributed by atoms with Crippen molar-refractivity contribution in [3.63, 3.8) is 0 Å². The lowest BCUT2D eigenvalue weighted by Gasteiger charge is -2.19. The van der Waals surface area contributed by atoms with Crippen molar-refractivity contribution in [1.29, 1.82) is 0 Å². The topological polar surface area (TPSA) is 44.4 Å². The Morgan fingerprint density at radius 1 is 0.522 bits per heavy atom. The van der Waals surface area contributed by atoms with E-state index >= 15 is 0 Å². The maximum atomic E-state index is 13.0. The molecule has 0 saturated heterocycles. The van der Waals surface area contributed by atoms with Crippen molar-refractivity contribution >= 4 is 5.91 Å². The summed E-state index contributed by atoms with van der Waals surface area (Å²) >= 11 is 0. The van der Waals surface area contributed by atoms with Crippen molar-refractivity contribution < 1.29 is 4.79 Å². The summed E-state index contributed by atoms with van der Waals surface area (Å²) in [5, 5.41) is 6.84. The van der Waals surface area contributed by atoms with Gasteiger partial charge in [-0.25, -0.2) is 0 Å². The maximum absolute atomic E-state index is 13.0. The molecule has 0 radical (unpaired) electrons. The Balaban J connectivity index is 0. The molecule has 1 unspecified atom stereocenters. The van der Waals surface area contributed by atoms with Gasteiger partial charge in [0.1, 0.15) is 0 Å². The Kier molecular flexibility index (Phi) is 43.3. The third kappa shape index (κ3) is 39.3. The highest BCUT2D eigenvalue weighted by Gasteiger charge is 2.16. The lowest BCUT2D eigenvalue weighted by Crippen LogP contribution is -2.45. The second-order valence-electron chi connectivity index (χ2n) is 13.9. The van der Waals surface area contributed by atoms with Crippen LogP contribution in [0.5, 0.6) is 0 Å². The fraction of sp³-hybridized carbons (Fsp3) is 0.929. The molecule has 0 aromatic heterocycles. The number of rotatable bonds is 36. The quantitative estimate of drug-likeness (QED) is 0.0524. The van der Waals surface area contributed by atoms with E-state index in [9.17, 15) is 4.79 Å². The van der Waals surface area contributed by atoms with E-state index in [1.54, 1.807) is 0 Å². The van der Waals surface area contributed by atoms with Crippen LogP contribution in [-0.2, 0) is 4.79 Å². The Hall–Kier alpha value is -0.870. The van der Waals surface area contributed by atoms with Crippen LogP contribution in [0, 0.1) is 0 Å². The second kappa shape index (κ2) is 42.2. The van der Waals surface area contributed by atoms with Gasteiger partial charge in [-0.3, -0.25) is 4.79 Å². The molecule has 0 aliphatic heterocycles. The molecule has 2 N–H and O–H groups in total. The molecular formula is C42H87N3O. The molecule has 0 aliphatic carbocycles. The SMILES string of the molecule is CC.CCCCCCCC/C=C\CCCCCCCCNC(=O)C(CCCCCCCCCCCCCCC)NCCCN(C)C. The monoisotopic (exact) mass is 650 g/mol. The lowest BCUT2D eigenvalue weighted by molar-refractivity contribution is -0.123. The molecule has 4 heteroatoms. The van der Waals surface area contributed by atoms with Gasteiger partial charge in [0.05, 0.1) is 6.04 Å². The third-order valence-electron chi connectivity index (χ3n) is 9.07. The Labute approximate surface area is 291 Å². The molecule has 0 heterocycles. The van der Waals surface area contributed by atoms with Crippen molar-refractivity contribution in [3.05, 3.63) is 12.2 Å². The van der Waals surface area contributed by atoms with Gasteiger partial charge in [-0.15, -0.1) is 0 Å².